The lowest BCUT2D eigenvalue weighted by Crippen LogP contribution is -2.29. The van der Waals surface area contributed by atoms with Crippen molar-refractivity contribution in [1.82, 2.24) is 19.5 Å². The molecule has 9 heteroatoms. The minimum atomic E-state index is -0.320. The number of hydrogen-bond donors (Lipinski definition) is 1. The van der Waals surface area contributed by atoms with Crippen molar-refractivity contribution in [2.45, 2.75) is 49.1 Å². The number of furan rings is 1. The van der Waals surface area contributed by atoms with Gasteiger partial charge in [-0.1, -0.05) is 54.8 Å². The van der Waals surface area contributed by atoms with E-state index in [4.69, 9.17) is 21.0 Å². The second-order valence-corrected chi connectivity index (χ2v) is 9.98. The van der Waals surface area contributed by atoms with Crippen LogP contribution in [0.1, 0.15) is 44.0 Å². The van der Waals surface area contributed by atoms with E-state index in [1.54, 1.807) is 18.2 Å². The minimum absolute atomic E-state index is 0.0474. The largest absolute Gasteiger partial charge is 0.449 e. The lowest BCUT2D eigenvalue weighted by molar-refractivity contribution is 0.326. The number of nitrogens with zero attached hydrogens (tertiary/aromatic N) is 3. The van der Waals surface area contributed by atoms with Crippen LogP contribution in [0.2, 0.25) is 5.02 Å². The van der Waals surface area contributed by atoms with Crippen LogP contribution in [0.25, 0.3) is 33.0 Å². The Labute approximate surface area is 203 Å². The maximum Gasteiger partial charge on any atom is 0.294 e. The zero-order valence-corrected chi connectivity index (χ0v) is 19.8. The molecular weight excluding hydrogens is 472 g/mol. The summed E-state index contributed by atoms with van der Waals surface area (Å²) in [5.74, 6) is 0.861. The van der Waals surface area contributed by atoms with Gasteiger partial charge in [0.15, 0.2) is 5.16 Å². The van der Waals surface area contributed by atoms with Gasteiger partial charge in [0, 0.05) is 16.5 Å². The molecule has 0 amide bonds. The van der Waals surface area contributed by atoms with Gasteiger partial charge in [-0.15, -0.1) is 0 Å². The molecule has 7 nitrogen and oxygen atoms in total. The summed E-state index contributed by atoms with van der Waals surface area (Å²) in [7, 11) is 0. The Balaban J connectivity index is 1.43. The van der Waals surface area contributed by atoms with Crippen molar-refractivity contribution in [2.24, 2.45) is 0 Å². The highest BCUT2D eigenvalue weighted by molar-refractivity contribution is 7.98. The second-order valence-electron chi connectivity index (χ2n) is 8.60. The number of thioether (sulfide) groups is 1. The van der Waals surface area contributed by atoms with Crippen LogP contribution < -0.4 is 11.1 Å². The first-order valence-electron chi connectivity index (χ1n) is 11.3. The summed E-state index contributed by atoms with van der Waals surface area (Å²) in [5, 5.41) is 2.52. The molecule has 34 heavy (non-hydrogen) atoms. The monoisotopic (exact) mass is 492 g/mol. The van der Waals surface area contributed by atoms with Gasteiger partial charge < -0.3 is 9.40 Å². The molecule has 1 saturated carbocycles. The number of aromatic nitrogens is 4. The third-order valence-corrected chi connectivity index (χ3v) is 7.59. The summed E-state index contributed by atoms with van der Waals surface area (Å²) < 4.78 is 7.53. The van der Waals surface area contributed by atoms with E-state index in [2.05, 4.69) is 9.97 Å². The van der Waals surface area contributed by atoms with E-state index < -0.39 is 0 Å². The molecule has 0 unspecified atom stereocenters. The Morgan fingerprint density at radius 2 is 1.88 bits per heavy atom. The number of nitrogens with one attached hydrogen (secondary N) is 1. The van der Waals surface area contributed by atoms with Gasteiger partial charge >= 0.3 is 0 Å². The number of hydrogen-bond acceptors (Lipinski definition) is 6. The van der Waals surface area contributed by atoms with E-state index >= 15 is 0 Å². The van der Waals surface area contributed by atoms with Gasteiger partial charge in [0.1, 0.15) is 16.9 Å². The van der Waals surface area contributed by atoms with Gasteiger partial charge in [-0.3, -0.25) is 14.2 Å². The van der Waals surface area contributed by atoms with Crippen molar-refractivity contribution >= 4 is 56.3 Å². The molecule has 1 aliphatic rings. The van der Waals surface area contributed by atoms with Gasteiger partial charge in [0.05, 0.1) is 16.7 Å². The van der Waals surface area contributed by atoms with Gasteiger partial charge in [-0.25, -0.2) is 9.97 Å². The average molecular weight is 493 g/mol. The van der Waals surface area contributed by atoms with E-state index in [1.807, 2.05) is 28.8 Å². The van der Waals surface area contributed by atoms with Crippen LogP contribution in [0.3, 0.4) is 0 Å². The third-order valence-electron chi connectivity index (χ3n) is 6.39. The molecule has 6 rings (SSSR count). The lowest BCUT2D eigenvalue weighted by Gasteiger charge is -2.26. The van der Waals surface area contributed by atoms with E-state index in [9.17, 15) is 9.59 Å². The molecule has 3 heterocycles. The van der Waals surface area contributed by atoms with E-state index in [-0.39, 0.29) is 22.7 Å². The maximum absolute atomic E-state index is 13.5. The highest BCUT2D eigenvalue weighted by Crippen LogP contribution is 2.32. The Morgan fingerprint density at radius 1 is 1.06 bits per heavy atom. The van der Waals surface area contributed by atoms with Crippen molar-refractivity contribution in [3.63, 3.8) is 0 Å². The predicted octanol–water partition coefficient (Wildman–Crippen LogP) is 5.83. The molecule has 0 spiro atoms. The molecule has 0 bridgehead atoms. The van der Waals surface area contributed by atoms with Crippen LogP contribution in [-0.2, 0) is 5.75 Å². The fourth-order valence-electron chi connectivity index (χ4n) is 4.76. The molecule has 0 saturated heterocycles. The molecule has 3 aromatic heterocycles. The first kappa shape index (κ1) is 21.4. The summed E-state index contributed by atoms with van der Waals surface area (Å²) in [6.07, 6.45) is 5.29. The van der Waals surface area contributed by atoms with Crippen molar-refractivity contribution in [3.8, 4) is 0 Å². The second kappa shape index (κ2) is 8.60. The van der Waals surface area contributed by atoms with Crippen LogP contribution in [-0.4, -0.2) is 19.5 Å². The highest BCUT2D eigenvalue weighted by atomic mass is 35.5. The zero-order valence-electron chi connectivity index (χ0n) is 18.2. The summed E-state index contributed by atoms with van der Waals surface area (Å²) in [4.78, 5) is 38.5. The van der Waals surface area contributed by atoms with Crippen LogP contribution in [0.4, 0.5) is 0 Å². The fraction of sp³-hybridized carbons (Fsp3) is 0.280. The minimum Gasteiger partial charge on any atom is -0.449 e. The summed E-state index contributed by atoms with van der Waals surface area (Å²) in [6.45, 7) is 0. The SMILES string of the molecule is O=c1[nH]c(CSc2nc3cc(Cl)ccc3c(=O)n2C2CCCCC2)nc2c1oc1ccccc12. The van der Waals surface area contributed by atoms with Crippen molar-refractivity contribution < 1.29 is 4.42 Å². The van der Waals surface area contributed by atoms with Crippen LogP contribution in [0.5, 0.6) is 0 Å². The van der Waals surface area contributed by atoms with E-state index in [0.717, 1.165) is 31.1 Å². The highest BCUT2D eigenvalue weighted by Gasteiger charge is 2.22. The van der Waals surface area contributed by atoms with Gasteiger partial charge in [-0.05, 0) is 43.2 Å². The molecule has 172 valence electrons. The smallest absolute Gasteiger partial charge is 0.294 e. The Hall–Kier alpha value is -3.10. The topological polar surface area (TPSA) is 93.8 Å². The molecule has 5 aromatic rings. The van der Waals surface area contributed by atoms with Crippen molar-refractivity contribution in [3.05, 3.63) is 74.0 Å². The van der Waals surface area contributed by atoms with Gasteiger partial charge in [-0.2, -0.15) is 0 Å². The standard InChI is InChI=1S/C25H21ClN4O3S/c26-14-10-11-16-18(12-14)27-25(30(24(16)32)15-6-2-1-3-7-15)34-13-20-28-21-17-8-4-5-9-19(17)33-22(21)23(31)29-20/h4-5,8-12,15H,1-3,6-7,13H2,(H,28,29,31). The molecule has 2 aromatic carbocycles. The number of halogens is 1. The Morgan fingerprint density at radius 3 is 2.74 bits per heavy atom. The van der Waals surface area contributed by atoms with Crippen molar-refractivity contribution in [1.29, 1.82) is 0 Å². The number of fused-ring (bicyclic) bond motifs is 4. The first-order valence-corrected chi connectivity index (χ1v) is 12.7. The summed E-state index contributed by atoms with van der Waals surface area (Å²) in [6, 6.07) is 12.8. The maximum atomic E-state index is 13.5. The first-order chi connectivity index (χ1) is 16.6. The number of H-pyrrole nitrogens is 1. The molecule has 0 atom stereocenters. The van der Waals surface area contributed by atoms with Crippen LogP contribution >= 0.6 is 23.4 Å². The molecule has 0 aliphatic heterocycles. The lowest BCUT2D eigenvalue weighted by atomic mass is 9.95. The number of aromatic amines is 1. The van der Waals surface area contributed by atoms with Crippen molar-refractivity contribution in [2.75, 3.05) is 0 Å². The molecule has 1 fully saturated rings. The van der Waals surface area contributed by atoms with Gasteiger partial charge in [0.25, 0.3) is 11.1 Å². The Bertz CT molecular complexity index is 1670. The Kier molecular flexibility index (Phi) is 5.42. The summed E-state index contributed by atoms with van der Waals surface area (Å²) >= 11 is 7.58. The third kappa shape index (κ3) is 3.71. The van der Waals surface area contributed by atoms with E-state index in [0.29, 0.717) is 43.8 Å². The molecule has 1 N–H and O–H groups in total. The molecule has 1 aliphatic carbocycles. The fourth-order valence-corrected chi connectivity index (χ4v) is 5.87. The number of para-hydroxylation sites is 1. The molecule has 0 radical (unpaired) electrons. The number of rotatable bonds is 4. The number of benzene rings is 2. The quantitative estimate of drug-likeness (QED) is 0.250. The van der Waals surface area contributed by atoms with E-state index in [1.165, 1.54) is 18.2 Å². The normalized spacial score (nSPS) is 15.0. The zero-order chi connectivity index (χ0) is 23.2. The van der Waals surface area contributed by atoms with Crippen LogP contribution in [0.15, 0.2) is 61.6 Å². The summed E-state index contributed by atoms with van der Waals surface area (Å²) in [5.41, 5.74) is 1.59. The van der Waals surface area contributed by atoms with Gasteiger partial charge in [0.2, 0.25) is 5.58 Å². The average Bonchev–Trinajstić information content (AvgIpc) is 3.22. The predicted molar refractivity (Wildman–Crippen MR) is 135 cm³/mol. The van der Waals surface area contributed by atoms with Crippen LogP contribution in [0, 0.1) is 0 Å². The molecular formula is C25H21ClN4O3S.